The molecule has 1 atom stereocenters. The third-order valence-corrected chi connectivity index (χ3v) is 3.51. The Morgan fingerprint density at radius 2 is 2.19 bits per heavy atom. The molecule has 0 aliphatic carbocycles. The van der Waals surface area contributed by atoms with Crippen molar-refractivity contribution in [3.63, 3.8) is 0 Å². The second kappa shape index (κ2) is 6.56. The smallest absolute Gasteiger partial charge is 0.245 e. The van der Waals surface area contributed by atoms with Gasteiger partial charge in [0.05, 0.1) is 19.3 Å². The summed E-state index contributed by atoms with van der Waals surface area (Å²) in [7, 11) is 1.56. The minimum atomic E-state index is -0.467. The van der Waals surface area contributed by atoms with E-state index in [0.29, 0.717) is 25.4 Å². The highest BCUT2D eigenvalue weighted by molar-refractivity contribution is 5.90. The van der Waals surface area contributed by atoms with Crippen LogP contribution in [0.2, 0.25) is 0 Å². The van der Waals surface area contributed by atoms with Gasteiger partial charge < -0.3 is 15.0 Å². The SMILES string of the molecule is COc1cccc(CN2CCC(=O)NC(C(C)C)C2=O)n1. The molecule has 1 aliphatic heterocycles. The highest BCUT2D eigenvalue weighted by Gasteiger charge is 2.31. The first-order valence-corrected chi connectivity index (χ1v) is 7.09. The van der Waals surface area contributed by atoms with Crippen LogP contribution in [0.5, 0.6) is 5.88 Å². The van der Waals surface area contributed by atoms with Gasteiger partial charge in [-0.15, -0.1) is 0 Å². The van der Waals surface area contributed by atoms with Crippen LogP contribution in [0.25, 0.3) is 0 Å². The van der Waals surface area contributed by atoms with Crippen LogP contribution >= 0.6 is 0 Å². The summed E-state index contributed by atoms with van der Waals surface area (Å²) in [5.41, 5.74) is 0.750. The van der Waals surface area contributed by atoms with Gasteiger partial charge >= 0.3 is 0 Å². The van der Waals surface area contributed by atoms with E-state index in [1.807, 2.05) is 26.0 Å². The van der Waals surface area contributed by atoms with Gasteiger partial charge in [-0.05, 0) is 12.0 Å². The average molecular weight is 291 g/mol. The quantitative estimate of drug-likeness (QED) is 0.897. The van der Waals surface area contributed by atoms with Gasteiger partial charge in [0.25, 0.3) is 0 Å². The molecular formula is C15H21N3O3. The maximum absolute atomic E-state index is 12.5. The molecule has 1 unspecified atom stereocenters. The number of nitrogens with one attached hydrogen (secondary N) is 1. The van der Waals surface area contributed by atoms with E-state index in [1.165, 1.54) is 0 Å². The fourth-order valence-electron chi connectivity index (χ4n) is 2.31. The lowest BCUT2D eigenvalue weighted by Gasteiger charge is -2.25. The van der Waals surface area contributed by atoms with E-state index in [0.717, 1.165) is 5.69 Å². The first kappa shape index (κ1) is 15.3. The van der Waals surface area contributed by atoms with Crippen molar-refractivity contribution in [3.05, 3.63) is 23.9 Å². The second-order valence-corrected chi connectivity index (χ2v) is 5.47. The Morgan fingerprint density at radius 3 is 2.86 bits per heavy atom. The van der Waals surface area contributed by atoms with E-state index < -0.39 is 6.04 Å². The molecular weight excluding hydrogens is 270 g/mol. The molecule has 1 saturated heterocycles. The van der Waals surface area contributed by atoms with Crippen molar-refractivity contribution in [2.45, 2.75) is 32.9 Å². The molecule has 0 saturated carbocycles. The number of nitrogens with zero attached hydrogens (tertiary/aromatic N) is 2. The van der Waals surface area contributed by atoms with Crippen molar-refractivity contribution in [2.75, 3.05) is 13.7 Å². The molecule has 0 spiro atoms. The maximum atomic E-state index is 12.5. The molecule has 6 nitrogen and oxygen atoms in total. The topological polar surface area (TPSA) is 71.5 Å². The minimum absolute atomic E-state index is 0.0551. The summed E-state index contributed by atoms with van der Waals surface area (Å²) in [5, 5.41) is 2.79. The zero-order valence-electron chi connectivity index (χ0n) is 12.6. The summed E-state index contributed by atoms with van der Waals surface area (Å²) < 4.78 is 5.09. The Kier molecular flexibility index (Phi) is 4.77. The van der Waals surface area contributed by atoms with E-state index in [2.05, 4.69) is 10.3 Å². The van der Waals surface area contributed by atoms with Gasteiger partial charge in [0.2, 0.25) is 17.7 Å². The van der Waals surface area contributed by atoms with Crippen LogP contribution in [0.15, 0.2) is 18.2 Å². The van der Waals surface area contributed by atoms with E-state index in [1.54, 1.807) is 18.1 Å². The molecule has 6 heteroatoms. The van der Waals surface area contributed by atoms with Crippen molar-refractivity contribution in [1.82, 2.24) is 15.2 Å². The number of aromatic nitrogens is 1. The normalized spacial score (nSPS) is 19.4. The number of pyridine rings is 1. The Bertz CT molecular complexity index is 531. The van der Waals surface area contributed by atoms with Gasteiger partial charge in [-0.1, -0.05) is 19.9 Å². The standard InChI is InChI=1S/C15H21N3O3/c1-10(2)14-15(20)18(8-7-12(19)17-14)9-11-5-4-6-13(16-11)21-3/h4-6,10,14H,7-9H2,1-3H3,(H,17,19). The molecule has 2 rings (SSSR count). The molecule has 1 aromatic heterocycles. The Balaban J connectivity index is 2.16. The Labute approximate surface area is 124 Å². The summed E-state index contributed by atoms with van der Waals surface area (Å²) >= 11 is 0. The van der Waals surface area contributed by atoms with E-state index in [9.17, 15) is 9.59 Å². The van der Waals surface area contributed by atoms with Crippen LogP contribution in [-0.2, 0) is 16.1 Å². The lowest BCUT2D eigenvalue weighted by atomic mass is 10.0. The summed E-state index contributed by atoms with van der Waals surface area (Å²) in [4.78, 5) is 30.3. The van der Waals surface area contributed by atoms with E-state index in [-0.39, 0.29) is 17.7 Å². The third-order valence-electron chi connectivity index (χ3n) is 3.51. The largest absolute Gasteiger partial charge is 0.481 e. The number of methoxy groups -OCH3 is 1. The predicted octanol–water partition coefficient (Wildman–Crippen LogP) is 0.963. The molecule has 0 bridgehead atoms. The van der Waals surface area contributed by atoms with Crippen LogP contribution < -0.4 is 10.1 Å². The minimum Gasteiger partial charge on any atom is -0.481 e. The lowest BCUT2D eigenvalue weighted by molar-refractivity contribution is -0.135. The predicted molar refractivity (Wildman–Crippen MR) is 77.6 cm³/mol. The lowest BCUT2D eigenvalue weighted by Crippen LogP contribution is -2.47. The van der Waals surface area contributed by atoms with Crippen molar-refractivity contribution in [1.29, 1.82) is 0 Å². The zero-order chi connectivity index (χ0) is 15.4. The molecule has 1 aliphatic rings. The zero-order valence-corrected chi connectivity index (χ0v) is 12.6. The maximum Gasteiger partial charge on any atom is 0.245 e. The summed E-state index contributed by atoms with van der Waals surface area (Å²) in [5.74, 6) is 0.438. The van der Waals surface area contributed by atoms with E-state index >= 15 is 0 Å². The van der Waals surface area contributed by atoms with Crippen molar-refractivity contribution >= 4 is 11.8 Å². The van der Waals surface area contributed by atoms with Crippen molar-refractivity contribution in [2.24, 2.45) is 5.92 Å². The highest BCUT2D eigenvalue weighted by atomic mass is 16.5. The molecule has 2 amide bonds. The number of hydrogen-bond acceptors (Lipinski definition) is 4. The summed E-state index contributed by atoms with van der Waals surface area (Å²) in [6.45, 7) is 4.65. The van der Waals surface area contributed by atoms with Crippen LogP contribution in [0.3, 0.4) is 0 Å². The van der Waals surface area contributed by atoms with Crippen LogP contribution in [0.4, 0.5) is 0 Å². The fraction of sp³-hybridized carbons (Fsp3) is 0.533. The number of ether oxygens (including phenoxy) is 1. The first-order valence-electron chi connectivity index (χ1n) is 7.09. The number of carbonyl (C=O) groups is 2. The number of amides is 2. The van der Waals surface area contributed by atoms with Gasteiger partial charge in [0.15, 0.2) is 0 Å². The van der Waals surface area contributed by atoms with Crippen LogP contribution in [0.1, 0.15) is 26.0 Å². The Morgan fingerprint density at radius 1 is 1.43 bits per heavy atom. The molecule has 114 valence electrons. The summed E-state index contributed by atoms with van der Waals surface area (Å²) in [6.07, 6.45) is 0.318. The number of hydrogen-bond donors (Lipinski definition) is 1. The second-order valence-electron chi connectivity index (χ2n) is 5.47. The molecule has 2 heterocycles. The van der Waals surface area contributed by atoms with Gasteiger partial charge in [0.1, 0.15) is 6.04 Å². The van der Waals surface area contributed by atoms with Gasteiger partial charge in [-0.3, -0.25) is 9.59 Å². The molecule has 1 aromatic rings. The van der Waals surface area contributed by atoms with Crippen LogP contribution in [-0.4, -0.2) is 41.4 Å². The first-order chi connectivity index (χ1) is 10.0. The molecule has 21 heavy (non-hydrogen) atoms. The molecule has 1 fully saturated rings. The van der Waals surface area contributed by atoms with Gasteiger partial charge in [-0.2, -0.15) is 0 Å². The highest BCUT2D eigenvalue weighted by Crippen LogP contribution is 2.15. The monoisotopic (exact) mass is 291 g/mol. The Hall–Kier alpha value is -2.11. The molecule has 1 N–H and O–H groups in total. The number of rotatable bonds is 4. The van der Waals surface area contributed by atoms with Gasteiger partial charge in [-0.25, -0.2) is 4.98 Å². The molecule has 0 aromatic carbocycles. The van der Waals surface area contributed by atoms with Crippen LogP contribution in [0, 0.1) is 5.92 Å². The van der Waals surface area contributed by atoms with E-state index in [4.69, 9.17) is 4.74 Å². The van der Waals surface area contributed by atoms with Crippen molar-refractivity contribution in [3.8, 4) is 5.88 Å². The third kappa shape index (κ3) is 3.71. The fourth-order valence-corrected chi connectivity index (χ4v) is 2.31. The van der Waals surface area contributed by atoms with Gasteiger partial charge in [0, 0.05) is 19.0 Å². The molecule has 0 radical (unpaired) electrons. The van der Waals surface area contributed by atoms with Crippen molar-refractivity contribution < 1.29 is 14.3 Å². The average Bonchev–Trinajstić information content (AvgIpc) is 2.60. The number of carbonyl (C=O) groups excluding carboxylic acids is 2. The summed E-state index contributed by atoms with van der Waals surface area (Å²) in [6, 6.07) is 4.98.